The Balaban J connectivity index is 1.86. The first kappa shape index (κ1) is 38.2. The van der Waals surface area contributed by atoms with Gasteiger partial charge in [0.05, 0.1) is 37.9 Å². The van der Waals surface area contributed by atoms with Crippen LogP contribution in [0, 0.1) is 5.41 Å². The number of benzene rings is 1. The Morgan fingerprint density at radius 3 is 2.47 bits per heavy atom. The average Bonchev–Trinajstić information content (AvgIpc) is 3.10. The number of carbonyl (C=O) groups is 6. The number of ether oxygens (including phenoxy) is 4. The van der Waals surface area contributed by atoms with Gasteiger partial charge in [0.1, 0.15) is 18.8 Å². The Morgan fingerprint density at radius 2 is 1.80 bits per heavy atom. The molecule has 2 aromatic rings. The molecular formula is C35H43N3O11. The molecule has 14 nitrogen and oxygen atoms in total. The van der Waals surface area contributed by atoms with Crippen LogP contribution in [0.5, 0.6) is 11.5 Å². The van der Waals surface area contributed by atoms with Gasteiger partial charge in [0, 0.05) is 30.8 Å². The van der Waals surface area contributed by atoms with Crippen molar-refractivity contribution in [2.75, 3.05) is 32.7 Å². The number of esters is 2. The molecule has 2 atom stereocenters. The average molecular weight is 682 g/mol. The summed E-state index contributed by atoms with van der Waals surface area (Å²) in [5, 5.41) is 11.5. The van der Waals surface area contributed by atoms with Crippen molar-refractivity contribution in [3.63, 3.8) is 0 Å². The number of likely N-dealkylation sites (tertiary alicyclic amines) is 1. The molecule has 1 aromatic carbocycles. The number of anilines is 1. The topological polar surface area (TPSA) is 188 Å². The van der Waals surface area contributed by atoms with Gasteiger partial charge in [0.2, 0.25) is 11.7 Å². The van der Waals surface area contributed by atoms with E-state index in [1.807, 2.05) is 6.07 Å². The predicted molar refractivity (Wildman–Crippen MR) is 176 cm³/mol. The van der Waals surface area contributed by atoms with Gasteiger partial charge in [-0.3, -0.25) is 24.2 Å². The second kappa shape index (κ2) is 17.8. The summed E-state index contributed by atoms with van der Waals surface area (Å²) >= 11 is 0. The zero-order valence-corrected chi connectivity index (χ0v) is 28.2. The second-order valence-corrected chi connectivity index (χ2v) is 12.1. The monoisotopic (exact) mass is 681 g/mol. The fourth-order valence-corrected chi connectivity index (χ4v) is 5.21. The smallest absolute Gasteiger partial charge is 0.330 e. The van der Waals surface area contributed by atoms with Gasteiger partial charge in [-0.25, -0.2) is 9.59 Å². The van der Waals surface area contributed by atoms with Crippen molar-refractivity contribution in [3.8, 4) is 11.5 Å². The van der Waals surface area contributed by atoms with Crippen molar-refractivity contribution < 1.29 is 52.8 Å². The van der Waals surface area contributed by atoms with Crippen LogP contribution >= 0.6 is 0 Å². The summed E-state index contributed by atoms with van der Waals surface area (Å²) in [6.45, 7) is 6.09. The lowest BCUT2D eigenvalue weighted by Gasteiger charge is -2.36. The molecular weight excluding hydrogens is 638 g/mol. The predicted octanol–water partition coefficient (Wildman–Crippen LogP) is 3.82. The van der Waals surface area contributed by atoms with E-state index in [0.29, 0.717) is 36.3 Å². The first-order valence-electron chi connectivity index (χ1n) is 15.8. The number of ketones is 1. The molecule has 2 amide bonds. The lowest BCUT2D eigenvalue weighted by Crippen LogP contribution is -2.53. The number of carbonyl (C=O) groups excluding carboxylic acids is 5. The number of hydrogen-bond donors (Lipinski definition) is 2. The van der Waals surface area contributed by atoms with Gasteiger partial charge in [-0.05, 0) is 69.7 Å². The number of rotatable bonds is 17. The van der Waals surface area contributed by atoms with Crippen molar-refractivity contribution in [1.82, 2.24) is 9.88 Å². The van der Waals surface area contributed by atoms with Crippen molar-refractivity contribution >= 4 is 41.2 Å². The summed E-state index contributed by atoms with van der Waals surface area (Å²) in [5.41, 5.74) is 0.216. The molecule has 0 spiro atoms. The second-order valence-electron chi connectivity index (χ2n) is 12.1. The molecule has 1 aliphatic heterocycles. The zero-order chi connectivity index (χ0) is 36.1. The van der Waals surface area contributed by atoms with E-state index in [2.05, 4.69) is 16.9 Å². The summed E-state index contributed by atoms with van der Waals surface area (Å²) in [7, 11) is 3.05. The lowest BCUT2D eigenvalue weighted by atomic mass is 9.87. The summed E-state index contributed by atoms with van der Waals surface area (Å²) in [4.78, 5) is 80.8. The quantitative estimate of drug-likeness (QED) is 0.140. The Kier molecular flexibility index (Phi) is 13.8. The molecule has 1 saturated heterocycles. The fourth-order valence-electron chi connectivity index (χ4n) is 5.21. The highest BCUT2D eigenvalue weighted by Gasteiger charge is 2.42. The number of carboxylic acids is 1. The van der Waals surface area contributed by atoms with Gasteiger partial charge >= 0.3 is 17.9 Å². The highest BCUT2D eigenvalue weighted by Crippen LogP contribution is 2.32. The van der Waals surface area contributed by atoms with Crippen LogP contribution in [0.4, 0.5) is 5.69 Å². The normalized spacial score (nSPS) is 14.9. The molecule has 1 aromatic heterocycles. The Labute approximate surface area is 284 Å². The molecule has 2 N–H and O–H groups in total. The van der Waals surface area contributed by atoms with Crippen LogP contribution in [0.1, 0.15) is 69.6 Å². The standard InChI is InChI=1S/C35H43N3O11/c1-6-31(42)48-21-35(2,3)32(43)33(44)38-16-8-7-9-25(38)34(45)49-26(12-10-22-11-13-27(46-4)28(17-22)47-5)23-18-24(20-36-19-23)37-29(39)14-15-30(40)41/h6,11,13,17-20,25-26H,1,7-10,12,14-16,21H2,2-5H3,(H,37,39)(H,40,41)/t25?,26-/m1/s1. The highest BCUT2D eigenvalue weighted by molar-refractivity contribution is 6.38. The van der Waals surface area contributed by atoms with Gasteiger partial charge in [-0.2, -0.15) is 0 Å². The Hall–Kier alpha value is -5.27. The minimum Gasteiger partial charge on any atom is -0.493 e. The number of Topliss-reactive ketones (excluding diaryl/α,β-unsaturated/α-hetero) is 1. The zero-order valence-electron chi connectivity index (χ0n) is 28.2. The van der Waals surface area contributed by atoms with E-state index in [9.17, 15) is 28.8 Å². The summed E-state index contributed by atoms with van der Waals surface area (Å²) in [6, 6.07) is 5.94. The molecule has 1 aliphatic rings. The lowest BCUT2D eigenvalue weighted by molar-refractivity contribution is -0.165. The molecule has 0 bridgehead atoms. The van der Waals surface area contributed by atoms with Gasteiger partial charge in [-0.1, -0.05) is 12.6 Å². The van der Waals surface area contributed by atoms with Gasteiger partial charge < -0.3 is 34.3 Å². The van der Waals surface area contributed by atoms with E-state index in [-0.39, 0.29) is 44.5 Å². The summed E-state index contributed by atoms with van der Waals surface area (Å²) in [6.07, 6.45) is 4.49. The minimum atomic E-state index is -1.36. The Bertz CT molecular complexity index is 1550. The van der Waals surface area contributed by atoms with E-state index in [1.54, 1.807) is 18.2 Å². The van der Waals surface area contributed by atoms with E-state index in [1.165, 1.54) is 45.4 Å². The number of aromatic nitrogens is 1. The molecule has 2 heterocycles. The molecule has 1 fully saturated rings. The number of aryl methyl sites for hydroxylation is 1. The minimum absolute atomic E-state index is 0.155. The number of pyridine rings is 1. The first-order valence-corrected chi connectivity index (χ1v) is 15.8. The molecule has 0 radical (unpaired) electrons. The fraction of sp³-hybridized carbons (Fsp3) is 0.457. The summed E-state index contributed by atoms with van der Waals surface area (Å²) < 4.78 is 21.8. The maximum absolute atomic E-state index is 13.8. The molecule has 264 valence electrons. The third-order valence-corrected chi connectivity index (χ3v) is 7.97. The Morgan fingerprint density at radius 1 is 1.06 bits per heavy atom. The van der Waals surface area contributed by atoms with E-state index < -0.39 is 53.1 Å². The number of methoxy groups -OCH3 is 2. The molecule has 1 unspecified atom stereocenters. The van der Waals surface area contributed by atoms with Crippen molar-refractivity contribution in [2.45, 2.75) is 70.9 Å². The van der Waals surface area contributed by atoms with Crippen LogP contribution in [0.15, 0.2) is 49.3 Å². The number of aliphatic carboxylic acids is 1. The van der Waals surface area contributed by atoms with Gasteiger partial charge in [-0.15, -0.1) is 0 Å². The number of nitrogens with one attached hydrogen (secondary N) is 1. The molecule has 0 aliphatic carbocycles. The molecule has 0 saturated carbocycles. The van der Waals surface area contributed by atoms with Crippen LogP contribution in [0.25, 0.3) is 0 Å². The van der Waals surface area contributed by atoms with E-state index >= 15 is 0 Å². The third kappa shape index (κ3) is 10.9. The number of carboxylic acid groups (broad SMARTS) is 1. The van der Waals surface area contributed by atoms with Crippen LogP contribution < -0.4 is 14.8 Å². The number of piperidine rings is 1. The first-order chi connectivity index (χ1) is 23.3. The number of amides is 2. The maximum atomic E-state index is 13.8. The van der Waals surface area contributed by atoms with Gasteiger partial charge in [0.15, 0.2) is 11.5 Å². The van der Waals surface area contributed by atoms with Crippen molar-refractivity contribution in [2.24, 2.45) is 5.41 Å². The van der Waals surface area contributed by atoms with Crippen molar-refractivity contribution in [1.29, 1.82) is 0 Å². The van der Waals surface area contributed by atoms with E-state index in [0.717, 1.165) is 11.6 Å². The van der Waals surface area contributed by atoms with Crippen LogP contribution in [0.3, 0.4) is 0 Å². The van der Waals surface area contributed by atoms with Gasteiger partial charge in [0.25, 0.3) is 5.91 Å². The molecule has 3 rings (SSSR count). The van der Waals surface area contributed by atoms with Crippen molar-refractivity contribution in [3.05, 3.63) is 60.4 Å². The SMILES string of the molecule is C=CC(=O)OCC(C)(C)C(=O)C(=O)N1CCCCC1C(=O)O[C@H](CCc1ccc(OC)c(OC)c1)c1cncc(NC(=O)CCC(=O)O)c1. The van der Waals surface area contributed by atoms with Crippen LogP contribution in [0.2, 0.25) is 0 Å². The number of hydrogen-bond acceptors (Lipinski definition) is 11. The van der Waals surface area contributed by atoms with Crippen LogP contribution in [-0.4, -0.2) is 83.9 Å². The van der Waals surface area contributed by atoms with E-state index in [4.69, 9.17) is 24.1 Å². The highest BCUT2D eigenvalue weighted by atomic mass is 16.5. The maximum Gasteiger partial charge on any atom is 0.330 e. The molecule has 14 heteroatoms. The molecule has 49 heavy (non-hydrogen) atoms. The summed E-state index contributed by atoms with van der Waals surface area (Å²) in [5.74, 6) is -3.71. The third-order valence-electron chi connectivity index (χ3n) is 7.97. The van der Waals surface area contributed by atoms with Crippen LogP contribution in [-0.2, 0) is 44.7 Å². The largest absolute Gasteiger partial charge is 0.493 e. The number of nitrogens with zero attached hydrogens (tertiary/aromatic N) is 2.